The van der Waals surface area contributed by atoms with E-state index in [-0.39, 0.29) is 37.4 Å². The third-order valence-electron chi connectivity index (χ3n) is 2.20. The number of ether oxygens (including phenoxy) is 1. The minimum atomic E-state index is -0.750. The molecule has 1 fully saturated rings. The number of nitrogens with zero attached hydrogens (tertiary/aromatic N) is 3. The molecular formula is C9H11N3O5. The Kier molecular flexibility index (Phi) is 3.05. The molecule has 1 aromatic rings. The van der Waals surface area contributed by atoms with Gasteiger partial charge in [0.05, 0.1) is 25.7 Å². The largest absolute Gasteiger partial charge is 0.459 e. The predicted octanol–water partition coefficient (Wildman–Crippen LogP) is -0.656. The summed E-state index contributed by atoms with van der Waals surface area (Å²) < 4.78 is 9.66. The van der Waals surface area contributed by atoms with Crippen LogP contribution in [0.15, 0.2) is 4.42 Å². The lowest BCUT2D eigenvalue weighted by molar-refractivity contribution is -0.117. The molecule has 2 heterocycles. The van der Waals surface area contributed by atoms with Crippen LogP contribution in [-0.2, 0) is 9.53 Å². The molecule has 1 unspecified atom stereocenters. The van der Waals surface area contributed by atoms with Crippen molar-refractivity contribution >= 4 is 17.9 Å². The zero-order valence-corrected chi connectivity index (χ0v) is 9.12. The quantitative estimate of drug-likeness (QED) is 0.700. The van der Waals surface area contributed by atoms with Crippen LogP contribution in [0, 0.1) is 0 Å². The number of anilines is 1. The predicted molar refractivity (Wildman–Crippen MR) is 53.2 cm³/mol. The molecule has 2 rings (SSSR count). The number of hydrogen-bond donors (Lipinski definition) is 1. The minimum Gasteiger partial charge on any atom is -0.459 e. The minimum absolute atomic E-state index is 0.0110. The molecule has 17 heavy (non-hydrogen) atoms. The van der Waals surface area contributed by atoms with Crippen LogP contribution in [0.4, 0.5) is 6.01 Å². The zero-order chi connectivity index (χ0) is 12.4. The van der Waals surface area contributed by atoms with Gasteiger partial charge in [0, 0.05) is 0 Å². The van der Waals surface area contributed by atoms with Gasteiger partial charge in [0.1, 0.15) is 0 Å². The Balaban J connectivity index is 2.13. The maximum atomic E-state index is 11.4. The topological polar surface area (TPSA) is 106 Å². The normalized spacial score (nSPS) is 19.8. The van der Waals surface area contributed by atoms with E-state index < -0.39 is 12.1 Å². The molecule has 1 aliphatic heterocycles. The molecule has 1 amide bonds. The highest BCUT2D eigenvalue weighted by Crippen LogP contribution is 2.20. The van der Waals surface area contributed by atoms with Crippen molar-refractivity contribution in [3.8, 4) is 0 Å². The van der Waals surface area contributed by atoms with Crippen molar-refractivity contribution in [1.29, 1.82) is 0 Å². The van der Waals surface area contributed by atoms with Gasteiger partial charge in [-0.2, -0.15) is 0 Å². The summed E-state index contributed by atoms with van der Waals surface area (Å²) in [5.74, 6) is -1.37. The number of aliphatic hydroxyl groups is 1. The fourth-order valence-corrected chi connectivity index (χ4v) is 1.47. The van der Waals surface area contributed by atoms with E-state index in [0.29, 0.717) is 0 Å². The van der Waals surface area contributed by atoms with Crippen molar-refractivity contribution < 1.29 is 23.8 Å². The number of rotatable bonds is 3. The lowest BCUT2D eigenvalue weighted by Gasteiger charge is -2.08. The number of amides is 1. The number of aromatic nitrogens is 2. The molecule has 0 radical (unpaired) electrons. The molecular weight excluding hydrogens is 230 g/mol. The summed E-state index contributed by atoms with van der Waals surface area (Å²) in [5, 5.41) is 16.3. The van der Waals surface area contributed by atoms with Crippen LogP contribution >= 0.6 is 0 Å². The highest BCUT2D eigenvalue weighted by atomic mass is 16.5. The number of aliphatic hydroxyl groups excluding tert-OH is 1. The number of β-amino-alcohol motifs (C(OH)–C–C–N with tert-alkyl or cyclic N) is 1. The smallest absolute Gasteiger partial charge is 0.396 e. The Morgan fingerprint density at radius 2 is 2.41 bits per heavy atom. The SMILES string of the molecule is CCOC(=O)c1nnc(N2CC(O)CC2=O)o1. The Morgan fingerprint density at radius 1 is 1.65 bits per heavy atom. The van der Waals surface area contributed by atoms with E-state index >= 15 is 0 Å². The first-order valence-corrected chi connectivity index (χ1v) is 5.11. The summed E-state index contributed by atoms with van der Waals surface area (Å²) in [7, 11) is 0. The Bertz CT molecular complexity index is 444. The van der Waals surface area contributed by atoms with Crippen LogP contribution in [-0.4, -0.2) is 46.4 Å². The molecule has 0 bridgehead atoms. The monoisotopic (exact) mass is 241 g/mol. The fraction of sp³-hybridized carbons (Fsp3) is 0.556. The lowest BCUT2D eigenvalue weighted by Crippen LogP contribution is -2.25. The first-order valence-electron chi connectivity index (χ1n) is 5.11. The van der Waals surface area contributed by atoms with Crippen molar-refractivity contribution in [3.63, 3.8) is 0 Å². The molecule has 92 valence electrons. The number of esters is 1. The summed E-state index contributed by atoms with van der Waals surface area (Å²) in [6.07, 6.45) is -0.739. The van der Waals surface area contributed by atoms with Gasteiger partial charge >= 0.3 is 17.9 Å². The van der Waals surface area contributed by atoms with Crippen LogP contribution in [0.25, 0.3) is 0 Å². The van der Waals surface area contributed by atoms with Crippen LogP contribution < -0.4 is 4.90 Å². The van der Waals surface area contributed by atoms with Gasteiger partial charge in [0.2, 0.25) is 5.91 Å². The molecule has 1 aliphatic rings. The summed E-state index contributed by atoms with van der Waals surface area (Å²) in [6, 6.07) is -0.102. The van der Waals surface area contributed by atoms with E-state index in [4.69, 9.17) is 4.42 Å². The van der Waals surface area contributed by atoms with Gasteiger partial charge in [-0.25, -0.2) is 4.79 Å². The van der Waals surface area contributed by atoms with Crippen LogP contribution in [0.1, 0.15) is 24.0 Å². The Hall–Kier alpha value is -1.96. The standard InChI is InChI=1S/C9H11N3O5/c1-2-16-8(15)7-10-11-9(17-7)12-4-5(13)3-6(12)14/h5,13H,2-4H2,1H3. The van der Waals surface area contributed by atoms with Gasteiger partial charge in [-0.3, -0.25) is 9.69 Å². The fourth-order valence-electron chi connectivity index (χ4n) is 1.47. The van der Waals surface area contributed by atoms with Crippen molar-refractivity contribution in [1.82, 2.24) is 10.2 Å². The van der Waals surface area contributed by atoms with E-state index in [0.717, 1.165) is 4.90 Å². The van der Waals surface area contributed by atoms with E-state index in [2.05, 4.69) is 14.9 Å². The molecule has 1 aromatic heterocycles. The van der Waals surface area contributed by atoms with E-state index in [1.807, 2.05) is 0 Å². The molecule has 0 aromatic carbocycles. The van der Waals surface area contributed by atoms with E-state index in [9.17, 15) is 14.7 Å². The second kappa shape index (κ2) is 4.50. The van der Waals surface area contributed by atoms with E-state index in [1.54, 1.807) is 6.92 Å². The summed E-state index contributed by atoms with van der Waals surface area (Å²) in [4.78, 5) is 23.8. The highest BCUT2D eigenvalue weighted by molar-refractivity contribution is 5.94. The van der Waals surface area contributed by atoms with Crippen molar-refractivity contribution in [3.05, 3.63) is 5.89 Å². The van der Waals surface area contributed by atoms with Crippen molar-refractivity contribution in [2.24, 2.45) is 0 Å². The number of carbonyl (C=O) groups excluding carboxylic acids is 2. The maximum Gasteiger partial charge on any atom is 0.396 e. The molecule has 8 heteroatoms. The molecule has 0 spiro atoms. The number of hydrogen-bond acceptors (Lipinski definition) is 7. The summed E-state index contributed by atoms with van der Waals surface area (Å²) in [6.45, 7) is 1.93. The van der Waals surface area contributed by atoms with Gasteiger partial charge in [0.25, 0.3) is 0 Å². The van der Waals surface area contributed by atoms with Crippen molar-refractivity contribution in [2.75, 3.05) is 18.1 Å². The lowest BCUT2D eigenvalue weighted by atomic mass is 10.3. The van der Waals surface area contributed by atoms with Gasteiger partial charge in [-0.15, -0.1) is 0 Å². The first-order chi connectivity index (χ1) is 8.11. The molecule has 1 saturated heterocycles. The van der Waals surface area contributed by atoms with Crippen molar-refractivity contribution in [2.45, 2.75) is 19.4 Å². The van der Waals surface area contributed by atoms with Gasteiger partial charge in [-0.1, -0.05) is 10.2 Å². The average molecular weight is 241 g/mol. The Morgan fingerprint density at radius 3 is 3.00 bits per heavy atom. The van der Waals surface area contributed by atoms with Crippen LogP contribution in [0.3, 0.4) is 0 Å². The Labute approximate surface area is 96.2 Å². The summed E-state index contributed by atoms with van der Waals surface area (Å²) in [5.41, 5.74) is 0. The van der Waals surface area contributed by atoms with Gasteiger partial charge in [-0.05, 0) is 6.92 Å². The second-order valence-corrected chi connectivity index (χ2v) is 3.47. The third kappa shape index (κ3) is 2.26. The molecule has 0 aliphatic carbocycles. The third-order valence-corrected chi connectivity index (χ3v) is 2.20. The molecule has 0 saturated carbocycles. The first kappa shape index (κ1) is 11.5. The summed E-state index contributed by atoms with van der Waals surface area (Å²) >= 11 is 0. The number of carbonyl (C=O) groups is 2. The van der Waals surface area contributed by atoms with Gasteiger partial charge < -0.3 is 14.3 Å². The maximum absolute atomic E-state index is 11.4. The average Bonchev–Trinajstić information content (AvgIpc) is 2.85. The molecule has 1 atom stereocenters. The second-order valence-electron chi connectivity index (χ2n) is 3.47. The van der Waals surface area contributed by atoms with E-state index in [1.165, 1.54) is 0 Å². The van der Waals surface area contributed by atoms with Gasteiger partial charge in [0.15, 0.2) is 0 Å². The molecule has 1 N–H and O–H groups in total. The molecule has 8 nitrogen and oxygen atoms in total. The highest BCUT2D eigenvalue weighted by Gasteiger charge is 2.33. The van der Waals surface area contributed by atoms with Crippen LogP contribution in [0.2, 0.25) is 0 Å². The zero-order valence-electron chi connectivity index (χ0n) is 9.12. The van der Waals surface area contributed by atoms with Crippen LogP contribution in [0.5, 0.6) is 0 Å².